The van der Waals surface area contributed by atoms with Crippen molar-refractivity contribution in [3.8, 4) is 0 Å². The fraction of sp³-hybridized carbons (Fsp3) is 0.545. The van der Waals surface area contributed by atoms with Gasteiger partial charge in [-0.15, -0.1) is 22.4 Å². The van der Waals surface area contributed by atoms with Gasteiger partial charge in [-0.2, -0.15) is 11.6 Å². The van der Waals surface area contributed by atoms with E-state index in [1.54, 1.807) is 4.41 Å². The zero-order chi connectivity index (χ0) is 17.8. The molecule has 0 aromatic carbocycles. The fourth-order valence-corrected chi connectivity index (χ4v) is 2.55. The maximum atomic E-state index is 11.9. The van der Waals surface area contributed by atoms with Crippen LogP contribution in [0.15, 0.2) is 0 Å². The van der Waals surface area contributed by atoms with Gasteiger partial charge in [-0.3, -0.25) is 19.2 Å². The van der Waals surface area contributed by atoms with Crippen LogP contribution in [0.5, 0.6) is 0 Å². The molecule has 1 radical (unpaired) electrons. The summed E-state index contributed by atoms with van der Waals surface area (Å²) in [6.45, 7) is 0.837. The summed E-state index contributed by atoms with van der Waals surface area (Å²) in [5.41, 5.74) is 0. The highest BCUT2D eigenvalue weighted by Gasteiger charge is 2.21. The van der Waals surface area contributed by atoms with Gasteiger partial charge in [0.2, 0.25) is 17.7 Å². The molecule has 0 aromatic heterocycles. The van der Waals surface area contributed by atoms with Crippen LogP contribution >= 0.6 is 34.0 Å². The maximum absolute atomic E-state index is 11.9. The lowest BCUT2D eigenvalue weighted by atomic mass is 10.2. The van der Waals surface area contributed by atoms with Gasteiger partial charge in [0.05, 0.1) is 19.0 Å². The molecule has 0 aliphatic rings. The quantitative estimate of drug-likeness (QED) is 0.168. The molecule has 0 aromatic rings. The molecule has 4 N–H and O–H groups in total. The Labute approximate surface area is 151 Å². The van der Waals surface area contributed by atoms with Crippen molar-refractivity contribution in [1.82, 2.24) is 16.0 Å². The Bertz CT molecular complexity index is 467. The molecule has 0 unspecified atom stereocenters. The Morgan fingerprint density at radius 2 is 1.96 bits per heavy atom. The molecule has 0 saturated carbocycles. The first-order chi connectivity index (χ1) is 10.8. The number of carbonyl (C=O) groups is 5. The summed E-state index contributed by atoms with van der Waals surface area (Å²) in [6, 6.07) is -1.97. The molecule has 0 fully saturated rings. The number of amides is 3. The number of rotatable bonds is 11. The highest BCUT2D eigenvalue weighted by atomic mass is 127. The molecular formula is C11H16BIN3O6S. The molecule has 0 saturated heterocycles. The number of halogens is 1. The predicted molar refractivity (Wildman–Crippen MR) is 93.1 cm³/mol. The minimum Gasteiger partial charge on any atom is -0.481 e. The second kappa shape index (κ2) is 12.2. The largest absolute Gasteiger partial charge is 0.481 e. The normalized spacial score (nSPS) is 12.4. The Morgan fingerprint density at radius 3 is 2.43 bits per heavy atom. The smallest absolute Gasteiger partial charge is 0.305 e. The zero-order valence-electron chi connectivity index (χ0n) is 12.2. The minimum absolute atomic E-state index is 0.298. The van der Waals surface area contributed by atoms with E-state index < -0.39 is 42.8 Å². The van der Waals surface area contributed by atoms with E-state index >= 15 is 0 Å². The number of nitrogens with one attached hydrogen (secondary N) is 3. The van der Waals surface area contributed by atoms with E-state index in [-0.39, 0.29) is 5.91 Å². The molecule has 3 amide bonds. The van der Waals surface area contributed by atoms with Crippen molar-refractivity contribution < 1.29 is 29.1 Å². The summed E-state index contributed by atoms with van der Waals surface area (Å²) >= 11 is 3.30. The first-order valence-corrected chi connectivity index (χ1v) is 8.64. The van der Waals surface area contributed by atoms with E-state index in [2.05, 4.69) is 16.0 Å². The molecule has 0 bridgehead atoms. The molecule has 0 aliphatic heterocycles. The lowest BCUT2D eigenvalue weighted by Crippen LogP contribution is -2.51. The average Bonchev–Trinajstić information content (AvgIpc) is 2.47. The van der Waals surface area contributed by atoms with E-state index in [4.69, 9.17) is 5.11 Å². The Balaban J connectivity index is 4.40. The second-order valence-corrected chi connectivity index (χ2v) is 6.67. The Hall–Kier alpha value is -1.31. The van der Waals surface area contributed by atoms with Crippen molar-refractivity contribution in [3.63, 3.8) is 0 Å². The maximum Gasteiger partial charge on any atom is 0.305 e. The van der Waals surface area contributed by atoms with Crippen LogP contribution in [0.3, 0.4) is 0 Å². The van der Waals surface area contributed by atoms with Gasteiger partial charge in [-0.1, -0.05) is 0 Å². The standard InChI is InChI=1S/C11H16BIN3O6S/c1-6(18)15-8(5-23-12-13)11(22)14-3-9(19)16-7(4-17)2-10(20)21/h4,7-8H,2-3,5H2,1H3,(H,14,22)(H,15,18)(H,16,19)(H,20,21)/t7-,8-/m0/s1. The topological polar surface area (TPSA) is 142 Å². The lowest BCUT2D eigenvalue weighted by Gasteiger charge is -2.17. The van der Waals surface area contributed by atoms with Gasteiger partial charge >= 0.3 is 5.97 Å². The molecule has 9 nitrogen and oxygen atoms in total. The molecule has 23 heavy (non-hydrogen) atoms. The van der Waals surface area contributed by atoms with E-state index in [9.17, 15) is 24.0 Å². The van der Waals surface area contributed by atoms with Crippen molar-refractivity contribution in [1.29, 1.82) is 0 Å². The summed E-state index contributed by atoms with van der Waals surface area (Å²) in [5, 5.41) is 15.5. The number of carboxylic acid groups (broad SMARTS) is 1. The van der Waals surface area contributed by atoms with E-state index in [0.29, 0.717) is 12.0 Å². The van der Waals surface area contributed by atoms with Crippen LogP contribution in [0.1, 0.15) is 13.3 Å². The summed E-state index contributed by atoms with van der Waals surface area (Å²) in [5.74, 6) is -2.57. The number of hydrogen-bond acceptors (Lipinski definition) is 6. The summed E-state index contributed by atoms with van der Waals surface area (Å²) in [6.07, 6.45) is -0.235. The molecule has 12 heteroatoms. The highest BCUT2D eigenvalue weighted by molar-refractivity contribution is 14.1. The van der Waals surface area contributed by atoms with Crippen LogP contribution < -0.4 is 16.0 Å². The van der Waals surface area contributed by atoms with Gasteiger partial charge in [0, 0.05) is 12.7 Å². The van der Waals surface area contributed by atoms with Crippen LogP contribution in [0.25, 0.3) is 0 Å². The van der Waals surface area contributed by atoms with Crippen molar-refractivity contribution in [2.45, 2.75) is 25.4 Å². The fourth-order valence-electron chi connectivity index (χ4n) is 1.43. The molecule has 127 valence electrons. The van der Waals surface area contributed by atoms with Crippen molar-refractivity contribution in [2.75, 3.05) is 12.3 Å². The van der Waals surface area contributed by atoms with Crippen LogP contribution in [-0.2, 0) is 24.0 Å². The van der Waals surface area contributed by atoms with Gasteiger partial charge in [0.15, 0.2) is 0 Å². The van der Waals surface area contributed by atoms with Gasteiger partial charge in [0.1, 0.15) is 12.3 Å². The van der Waals surface area contributed by atoms with Crippen LogP contribution in [-0.4, -0.2) is 63.9 Å². The summed E-state index contributed by atoms with van der Waals surface area (Å²) in [7, 11) is 0. The predicted octanol–water partition coefficient (Wildman–Crippen LogP) is -1.53. The molecule has 0 rings (SSSR count). The number of aldehydes is 1. The van der Waals surface area contributed by atoms with Crippen molar-refractivity contribution in [3.05, 3.63) is 0 Å². The van der Waals surface area contributed by atoms with Crippen LogP contribution in [0, 0.1) is 0 Å². The number of carbonyl (C=O) groups excluding carboxylic acids is 4. The minimum atomic E-state index is -1.23. The molecule has 0 heterocycles. The third kappa shape index (κ3) is 11.0. The van der Waals surface area contributed by atoms with Gasteiger partial charge in [-0.25, -0.2) is 0 Å². The van der Waals surface area contributed by atoms with E-state index in [1.807, 2.05) is 22.4 Å². The number of hydrogen-bond donors (Lipinski definition) is 4. The molecular weight excluding hydrogens is 440 g/mol. The Kier molecular flexibility index (Phi) is 11.5. The highest BCUT2D eigenvalue weighted by Crippen LogP contribution is 2.04. The molecule has 0 aliphatic carbocycles. The van der Waals surface area contributed by atoms with Gasteiger partial charge in [-0.05, 0) is 0 Å². The van der Waals surface area contributed by atoms with E-state index in [0.717, 1.165) is 0 Å². The Morgan fingerprint density at radius 1 is 1.30 bits per heavy atom. The average molecular weight is 456 g/mol. The lowest BCUT2D eigenvalue weighted by molar-refractivity contribution is -0.139. The molecule has 0 spiro atoms. The SMILES string of the molecule is CC(=O)N[C@@H](CS[B]I)C(=O)NCC(=O)N[C@H](C=O)CC(=O)O. The number of aliphatic carboxylic acids is 1. The van der Waals surface area contributed by atoms with Crippen LogP contribution in [0.4, 0.5) is 0 Å². The van der Waals surface area contributed by atoms with E-state index in [1.165, 1.54) is 18.5 Å². The third-order valence-corrected chi connectivity index (χ3v) is 4.08. The second-order valence-electron chi connectivity index (χ2n) is 4.30. The van der Waals surface area contributed by atoms with Gasteiger partial charge < -0.3 is 25.9 Å². The summed E-state index contributed by atoms with van der Waals surface area (Å²) < 4.78 is 1.73. The van der Waals surface area contributed by atoms with Crippen LogP contribution in [0.2, 0.25) is 0 Å². The molecule has 2 atom stereocenters. The zero-order valence-corrected chi connectivity index (χ0v) is 15.2. The first kappa shape index (κ1) is 21.7. The summed E-state index contributed by atoms with van der Waals surface area (Å²) in [4.78, 5) is 55.7. The van der Waals surface area contributed by atoms with Gasteiger partial charge in [0.25, 0.3) is 4.41 Å². The third-order valence-electron chi connectivity index (χ3n) is 2.35. The van der Waals surface area contributed by atoms with Crippen molar-refractivity contribution >= 4 is 68.4 Å². The first-order valence-electron chi connectivity index (χ1n) is 6.34. The monoisotopic (exact) mass is 456 g/mol. The van der Waals surface area contributed by atoms with Crippen molar-refractivity contribution in [2.24, 2.45) is 0 Å². The number of carboxylic acids is 1.